The van der Waals surface area contributed by atoms with Crippen molar-refractivity contribution in [3.8, 4) is 0 Å². The zero-order valence-corrected chi connectivity index (χ0v) is 13.1. The fourth-order valence-corrected chi connectivity index (χ4v) is 2.57. The average molecular weight is 330 g/mol. The van der Waals surface area contributed by atoms with Crippen LogP contribution in [0.15, 0.2) is 18.2 Å². The fourth-order valence-electron chi connectivity index (χ4n) is 2.18. The summed E-state index contributed by atoms with van der Waals surface area (Å²) in [5, 5.41) is 6.25. The van der Waals surface area contributed by atoms with E-state index < -0.39 is 19.0 Å². The Morgan fingerprint density at radius 2 is 2.00 bits per heavy atom. The number of rotatable bonds is 5. The SMILES string of the molecule is CC(C)c1cc2[nH]c(CNC(=O)NCC(F)F)cc2cc1Cl. The summed E-state index contributed by atoms with van der Waals surface area (Å²) < 4.78 is 24.0. The number of fused-ring (bicyclic) bond motifs is 1. The first-order valence-corrected chi connectivity index (χ1v) is 7.35. The second kappa shape index (κ2) is 6.96. The number of carbonyl (C=O) groups excluding carboxylic acids is 1. The lowest BCUT2D eigenvalue weighted by Gasteiger charge is -2.07. The molecule has 7 heteroatoms. The van der Waals surface area contributed by atoms with Crippen LogP contribution in [0.2, 0.25) is 5.02 Å². The van der Waals surface area contributed by atoms with Crippen LogP contribution in [0.25, 0.3) is 10.9 Å². The summed E-state index contributed by atoms with van der Waals surface area (Å²) in [4.78, 5) is 14.5. The number of amides is 2. The third-order valence-electron chi connectivity index (χ3n) is 3.27. The number of benzene rings is 1. The molecular formula is C15H18ClF2N3O. The van der Waals surface area contributed by atoms with Gasteiger partial charge in [-0.2, -0.15) is 0 Å². The van der Waals surface area contributed by atoms with Crippen molar-refractivity contribution in [1.82, 2.24) is 15.6 Å². The molecule has 0 bridgehead atoms. The normalized spacial score (nSPS) is 11.4. The Morgan fingerprint density at radius 3 is 2.64 bits per heavy atom. The lowest BCUT2D eigenvalue weighted by molar-refractivity contribution is 0.146. The summed E-state index contributed by atoms with van der Waals surface area (Å²) in [6, 6.07) is 5.12. The molecule has 0 aliphatic carbocycles. The molecule has 2 rings (SSSR count). The Labute approximate surface area is 132 Å². The molecule has 0 saturated carbocycles. The number of aromatic amines is 1. The van der Waals surface area contributed by atoms with Crippen LogP contribution >= 0.6 is 11.6 Å². The largest absolute Gasteiger partial charge is 0.357 e. The van der Waals surface area contributed by atoms with E-state index in [9.17, 15) is 13.6 Å². The Balaban J connectivity index is 2.05. The number of alkyl halides is 2. The van der Waals surface area contributed by atoms with E-state index in [1.54, 1.807) is 0 Å². The Hall–Kier alpha value is -1.82. The van der Waals surface area contributed by atoms with E-state index in [-0.39, 0.29) is 6.54 Å². The van der Waals surface area contributed by atoms with Gasteiger partial charge in [-0.05, 0) is 29.7 Å². The number of aromatic nitrogens is 1. The van der Waals surface area contributed by atoms with Crippen molar-refractivity contribution in [2.75, 3.05) is 6.54 Å². The predicted molar refractivity (Wildman–Crippen MR) is 83.6 cm³/mol. The van der Waals surface area contributed by atoms with Crippen LogP contribution in [0.1, 0.15) is 31.0 Å². The summed E-state index contributed by atoms with van der Waals surface area (Å²) >= 11 is 6.24. The minimum Gasteiger partial charge on any atom is -0.357 e. The van der Waals surface area contributed by atoms with Crippen LogP contribution < -0.4 is 10.6 Å². The molecule has 3 N–H and O–H groups in total. The van der Waals surface area contributed by atoms with E-state index in [1.807, 2.05) is 18.2 Å². The molecule has 0 aliphatic heterocycles. The van der Waals surface area contributed by atoms with Crippen molar-refractivity contribution < 1.29 is 13.6 Å². The smallest absolute Gasteiger partial charge is 0.315 e. The van der Waals surface area contributed by atoms with Gasteiger partial charge in [0.15, 0.2) is 0 Å². The Kier molecular flexibility index (Phi) is 5.24. The number of hydrogen-bond acceptors (Lipinski definition) is 1. The number of nitrogens with one attached hydrogen (secondary N) is 3. The lowest BCUT2D eigenvalue weighted by atomic mass is 10.0. The minimum atomic E-state index is -2.56. The van der Waals surface area contributed by atoms with E-state index in [0.29, 0.717) is 10.9 Å². The monoisotopic (exact) mass is 329 g/mol. The molecule has 4 nitrogen and oxygen atoms in total. The van der Waals surface area contributed by atoms with Crippen LogP contribution in [-0.2, 0) is 6.54 Å². The molecule has 2 amide bonds. The average Bonchev–Trinajstić information content (AvgIpc) is 2.83. The van der Waals surface area contributed by atoms with Crippen LogP contribution in [0.3, 0.4) is 0 Å². The quantitative estimate of drug-likeness (QED) is 0.762. The molecule has 120 valence electrons. The number of urea groups is 1. The first-order valence-electron chi connectivity index (χ1n) is 6.97. The summed E-state index contributed by atoms with van der Waals surface area (Å²) in [7, 11) is 0. The van der Waals surface area contributed by atoms with Crippen LogP contribution in [-0.4, -0.2) is 24.0 Å². The maximum atomic E-state index is 12.0. The highest BCUT2D eigenvalue weighted by molar-refractivity contribution is 6.32. The molecule has 2 aromatic rings. The van der Waals surface area contributed by atoms with Gasteiger partial charge in [0.25, 0.3) is 6.43 Å². The van der Waals surface area contributed by atoms with Gasteiger partial charge in [0, 0.05) is 21.6 Å². The third-order valence-corrected chi connectivity index (χ3v) is 3.60. The molecule has 0 unspecified atom stereocenters. The fraction of sp³-hybridized carbons (Fsp3) is 0.400. The number of hydrogen-bond donors (Lipinski definition) is 3. The number of carbonyl (C=O) groups is 1. The van der Waals surface area contributed by atoms with E-state index in [2.05, 4.69) is 29.5 Å². The van der Waals surface area contributed by atoms with Crippen LogP contribution in [0, 0.1) is 0 Å². The highest BCUT2D eigenvalue weighted by Gasteiger charge is 2.10. The van der Waals surface area contributed by atoms with Crippen LogP contribution in [0.5, 0.6) is 0 Å². The Morgan fingerprint density at radius 1 is 1.27 bits per heavy atom. The highest BCUT2D eigenvalue weighted by atomic mass is 35.5. The van der Waals surface area contributed by atoms with Crippen LogP contribution in [0.4, 0.5) is 13.6 Å². The highest BCUT2D eigenvalue weighted by Crippen LogP contribution is 2.29. The number of halogens is 3. The minimum absolute atomic E-state index is 0.221. The van der Waals surface area contributed by atoms with E-state index in [0.717, 1.165) is 22.2 Å². The van der Waals surface area contributed by atoms with Crippen molar-refractivity contribution >= 4 is 28.5 Å². The second-order valence-electron chi connectivity index (χ2n) is 5.36. The molecule has 0 aliphatic rings. The topological polar surface area (TPSA) is 56.9 Å². The van der Waals surface area contributed by atoms with Gasteiger partial charge < -0.3 is 15.6 Å². The maximum Gasteiger partial charge on any atom is 0.315 e. The summed E-state index contributed by atoms with van der Waals surface area (Å²) in [6.07, 6.45) is -2.56. The molecule has 0 saturated heterocycles. The van der Waals surface area contributed by atoms with Gasteiger partial charge in [0.2, 0.25) is 0 Å². The molecule has 22 heavy (non-hydrogen) atoms. The van der Waals surface area contributed by atoms with E-state index >= 15 is 0 Å². The molecular weight excluding hydrogens is 312 g/mol. The van der Waals surface area contributed by atoms with E-state index in [4.69, 9.17) is 11.6 Å². The van der Waals surface area contributed by atoms with Gasteiger partial charge in [0.1, 0.15) is 0 Å². The first-order chi connectivity index (χ1) is 10.4. The lowest BCUT2D eigenvalue weighted by Crippen LogP contribution is -2.37. The van der Waals surface area contributed by atoms with Gasteiger partial charge in [-0.1, -0.05) is 25.4 Å². The van der Waals surface area contributed by atoms with Gasteiger partial charge in [0.05, 0.1) is 13.1 Å². The van der Waals surface area contributed by atoms with Gasteiger partial charge in [-0.25, -0.2) is 13.6 Å². The second-order valence-corrected chi connectivity index (χ2v) is 5.77. The van der Waals surface area contributed by atoms with Gasteiger partial charge in [-0.15, -0.1) is 0 Å². The molecule has 1 heterocycles. The Bertz CT molecular complexity index is 670. The molecule has 1 aromatic heterocycles. The zero-order chi connectivity index (χ0) is 16.3. The standard InChI is InChI=1S/C15H18ClF2N3O/c1-8(2)11-5-13-9(4-12(11)16)3-10(21-13)6-19-15(22)20-7-14(17)18/h3-5,8,14,21H,6-7H2,1-2H3,(H2,19,20,22). The molecule has 0 atom stereocenters. The first kappa shape index (κ1) is 16.5. The third kappa shape index (κ3) is 4.10. The van der Waals surface area contributed by atoms with Crippen molar-refractivity contribution in [3.05, 3.63) is 34.5 Å². The summed E-state index contributed by atoms with van der Waals surface area (Å²) in [5.41, 5.74) is 2.75. The molecule has 0 fully saturated rings. The molecule has 0 spiro atoms. The van der Waals surface area contributed by atoms with Crippen molar-refractivity contribution in [1.29, 1.82) is 0 Å². The zero-order valence-electron chi connectivity index (χ0n) is 12.3. The molecule has 1 aromatic carbocycles. The van der Waals surface area contributed by atoms with E-state index in [1.165, 1.54) is 0 Å². The molecule has 0 radical (unpaired) electrons. The van der Waals surface area contributed by atoms with Gasteiger partial charge >= 0.3 is 6.03 Å². The maximum absolute atomic E-state index is 12.0. The predicted octanol–water partition coefficient (Wildman–Crippen LogP) is 4.01. The van der Waals surface area contributed by atoms with Gasteiger partial charge in [-0.3, -0.25) is 0 Å². The number of H-pyrrole nitrogens is 1. The van der Waals surface area contributed by atoms with Crippen molar-refractivity contribution in [2.45, 2.75) is 32.7 Å². The summed E-state index contributed by atoms with van der Waals surface area (Å²) in [5.74, 6) is 0.307. The van der Waals surface area contributed by atoms with Crippen molar-refractivity contribution in [3.63, 3.8) is 0 Å². The summed E-state index contributed by atoms with van der Waals surface area (Å²) in [6.45, 7) is 3.68. The van der Waals surface area contributed by atoms with Crippen molar-refractivity contribution in [2.24, 2.45) is 0 Å².